The molecule has 3 aromatic rings. The first-order chi connectivity index (χ1) is 15.2. The molecule has 0 bridgehead atoms. The van der Waals surface area contributed by atoms with Gasteiger partial charge in [-0.1, -0.05) is 74.0 Å². The summed E-state index contributed by atoms with van der Waals surface area (Å²) in [6.07, 6.45) is 0.138. The van der Waals surface area contributed by atoms with E-state index in [0.717, 1.165) is 33.6 Å². The van der Waals surface area contributed by atoms with E-state index in [2.05, 4.69) is 31.3 Å². The number of rotatable bonds is 5. The normalized spacial score (nSPS) is 17.9. The summed E-state index contributed by atoms with van der Waals surface area (Å²) in [5.74, 6) is 0.144. The second-order valence-electron chi connectivity index (χ2n) is 9.10. The molecule has 0 aromatic heterocycles. The third kappa shape index (κ3) is 3.60. The maximum absolute atomic E-state index is 13.9. The Hall–Kier alpha value is -3.40. The smallest absolute Gasteiger partial charge is 0.255 e. The second kappa shape index (κ2) is 8.27. The molecule has 1 heterocycles. The van der Waals surface area contributed by atoms with Crippen molar-refractivity contribution in [2.75, 3.05) is 10.2 Å². The van der Waals surface area contributed by atoms with Crippen LogP contribution in [0.1, 0.15) is 54.0 Å². The van der Waals surface area contributed by atoms with Gasteiger partial charge in [-0.3, -0.25) is 14.5 Å². The molecule has 0 aliphatic carbocycles. The minimum Gasteiger partial charge on any atom is -0.323 e. The minimum absolute atomic E-state index is 0.0570. The first kappa shape index (κ1) is 21.8. The molecule has 4 nitrogen and oxygen atoms in total. The van der Waals surface area contributed by atoms with Crippen LogP contribution in [0, 0.1) is 20.8 Å². The van der Waals surface area contributed by atoms with Crippen molar-refractivity contribution in [1.82, 2.24) is 0 Å². The number of hydrogen-bond acceptors (Lipinski definition) is 2. The van der Waals surface area contributed by atoms with Crippen LogP contribution in [-0.4, -0.2) is 11.8 Å². The van der Waals surface area contributed by atoms with Crippen molar-refractivity contribution in [3.8, 4) is 0 Å². The zero-order chi connectivity index (χ0) is 23.0. The van der Waals surface area contributed by atoms with Gasteiger partial charge in [0.15, 0.2) is 5.54 Å². The van der Waals surface area contributed by atoms with Gasteiger partial charge in [-0.15, -0.1) is 0 Å². The average molecular weight is 427 g/mol. The molecule has 0 spiro atoms. The Morgan fingerprint density at radius 3 is 2.03 bits per heavy atom. The number of benzene rings is 3. The fourth-order valence-corrected chi connectivity index (χ4v) is 4.47. The van der Waals surface area contributed by atoms with Gasteiger partial charge in [-0.05, 0) is 61.1 Å². The molecule has 1 fully saturated rings. The summed E-state index contributed by atoms with van der Waals surface area (Å²) in [6, 6.07) is 21.8. The van der Waals surface area contributed by atoms with Crippen LogP contribution in [-0.2, 0) is 15.1 Å². The number of aryl methyl sites for hydroxylation is 3. The Balaban J connectivity index is 1.82. The van der Waals surface area contributed by atoms with Gasteiger partial charge >= 0.3 is 0 Å². The SMILES string of the molecule is Cc1ccc(N2C(=O)C[C@]2(C(=O)Nc2c(C)cccc2C)c2ccc(C(C)C)cc2)cc1. The third-order valence-electron chi connectivity index (χ3n) is 6.48. The highest BCUT2D eigenvalue weighted by atomic mass is 16.2. The fourth-order valence-electron chi connectivity index (χ4n) is 4.47. The highest BCUT2D eigenvalue weighted by Gasteiger charge is 2.58. The average Bonchev–Trinajstić information content (AvgIpc) is 2.76. The number of β-lactam (4-membered cyclic amide) rings is 1. The number of nitrogens with zero attached hydrogens (tertiary/aromatic N) is 1. The van der Waals surface area contributed by atoms with Gasteiger partial charge in [0.25, 0.3) is 5.91 Å². The van der Waals surface area contributed by atoms with E-state index in [4.69, 9.17) is 0 Å². The predicted molar refractivity (Wildman–Crippen MR) is 130 cm³/mol. The summed E-state index contributed by atoms with van der Waals surface area (Å²) in [5, 5.41) is 3.16. The van der Waals surface area contributed by atoms with Crippen LogP contribution in [0.4, 0.5) is 11.4 Å². The molecule has 4 rings (SSSR count). The van der Waals surface area contributed by atoms with Crippen molar-refractivity contribution in [3.63, 3.8) is 0 Å². The Morgan fingerprint density at radius 1 is 0.906 bits per heavy atom. The van der Waals surface area contributed by atoms with Gasteiger partial charge in [-0.2, -0.15) is 0 Å². The van der Waals surface area contributed by atoms with Crippen LogP contribution in [0.2, 0.25) is 0 Å². The first-order valence-corrected chi connectivity index (χ1v) is 11.1. The van der Waals surface area contributed by atoms with E-state index >= 15 is 0 Å². The Morgan fingerprint density at radius 2 is 1.50 bits per heavy atom. The van der Waals surface area contributed by atoms with Crippen molar-refractivity contribution in [3.05, 3.63) is 94.5 Å². The number of carbonyl (C=O) groups excluding carboxylic acids is 2. The Kier molecular flexibility index (Phi) is 5.64. The topological polar surface area (TPSA) is 49.4 Å². The van der Waals surface area contributed by atoms with Crippen molar-refractivity contribution in [2.45, 2.75) is 52.5 Å². The standard InChI is InChI=1S/C28H30N2O2/c1-18(2)22-11-13-23(14-12-22)28(27(32)29-26-20(4)7-6-8-21(26)5)17-25(31)30(28)24-15-9-19(3)10-16-24/h6-16,18H,17H2,1-5H3,(H,29,32)/t28-/m1/s1. The molecule has 1 atom stereocenters. The molecule has 0 unspecified atom stereocenters. The molecular weight excluding hydrogens is 396 g/mol. The van der Waals surface area contributed by atoms with Gasteiger partial charge in [0.1, 0.15) is 0 Å². The van der Waals surface area contributed by atoms with Crippen molar-refractivity contribution >= 4 is 23.2 Å². The Bertz CT molecular complexity index is 1140. The van der Waals surface area contributed by atoms with E-state index in [-0.39, 0.29) is 18.2 Å². The van der Waals surface area contributed by atoms with Crippen LogP contribution < -0.4 is 10.2 Å². The van der Waals surface area contributed by atoms with E-state index in [1.54, 1.807) is 4.90 Å². The summed E-state index contributed by atoms with van der Waals surface area (Å²) >= 11 is 0. The van der Waals surface area contributed by atoms with Gasteiger partial charge in [0, 0.05) is 11.4 Å². The zero-order valence-corrected chi connectivity index (χ0v) is 19.4. The maximum Gasteiger partial charge on any atom is 0.255 e. The van der Waals surface area contributed by atoms with Crippen molar-refractivity contribution in [2.24, 2.45) is 0 Å². The van der Waals surface area contributed by atoms with Crippen LogP contribution >= 0.6 is 0 Å². The van der Waals surface area contributed by atoms with Gasteiger partial charge < -0.3 is 5.32 Å². The van der Waals surface area contributed by atoms with Gasteiger partial charge in [-0.25, -0.2) is 0 Å². The number of amides is 2. The summed E-state index contributed by atoms with van der Waals surface area (Å²) in [4.78, 5) is 28.5. The molecule has 4 heteroatoms. The lowest BCUT2D eigenvalue weighted by Crippen LogP contribution is -2.67. The fraction of sp³-hybridized carbons (Fsp3) is 0.286. The number of anilines is 2. The van der Waals surface area contributed by atoms with E-state index < -0.39 is 5.54 Å². The van der Waals surface area contributed by atoms with Crippen molar-refractivity contribution < 1.29 is 9.59 Å². The lowest BCUT2D eigenvalue weighted by molar-refractivity contribution is -0.137. The molecule has 0 radical (unpaired) electrons. The summed E-state index contributed by atoms with van der Waals surface area (Å²) in [5.41, 5.74) is 5.57. The van der Waals surface area contributed by atoms with Crippen LogP contribution in [0.25, 0.3) is 0 Å². The molecular formula is C28H30N2O2. The zero-order valence-electron chi connectivity index (χ0n) is 19.4. The first-order valence-electron chi connectivity index (χ1n) is 11.1. The van der Waals surface area contributed by atoms with Crippen molar-refractivity contribution in [1.29, 1.82) is 0 Å². The highest BCUT2D eigenvalue weighted by Crippen LogP contribution is 2.46. The van der Waals surface area contributed by atoms with E-state index in [1.165, 1.54) is 5.56 Å². The molecule has 1 saturated heterocycles. The third-order valence-corrected chi connectivity index (χ3v) is 6.48. The summed E-state index contributed by atoms with van der Waals surface area (Å²) in [7, 11) is 0. The predicted octanol–water partition coefficient (Wildman–Crippen LogP) is 6.01. The lowest BCUT2D eigenvalue weighted by atomic mass is 9.75. The Labute approximate surface area is 190 Å². The van der Waals surface area contributed by atoms with Crippen LogP contribution in [0.15, 0.2) is 66.7 Å². The van der Waals surface area contributed by atoms with Gasteiger partial charge in [0.2, 0.25) is 5.91 Å². The van der Waals surface area contributed by atoms with Gasteiger partial charge in [0.05, 0.1) is 6.42 Å². The lowest BCUT2D eigenvalue weighted by Gasteiger charge is -2.50. The molecule has 0 saturated carbocycles. The molecule has 164 valence electrons. The second-order valence-corrected chi connectivity index (χ2v) is 9.10. The maximum atomic E-state index is 13.9. The summed E-state index contributed by atoms with van der Waals surface area (Å²) in [6.45, 7) is 10.3. The van der Waals surface area contributed by atoms with E-state index in [0.29, 0.717) is 5.92 Å². The number of carbonyl (C=O) groups is 2. The largest absolute Gasteiger partial charge is 0.323 e. The molecule has 1 aliphatic rings. The molecule has 32 heavy (non-hydrogen) atoms. The number of nitrogens with one attached hydrogen (secondary N) is 1. The minimum atomic E-state index is -1.09. The van der Waals surface area contributed by atoms with E-state index in [1.807, 2.05) is 75.4 Å². The van der Waals surface area contributed by atoms with Crippen LogP contribution in [0.3, 0.4) is 0 Å². The summed E-state index contributed by atoms with van der Waals surface area (Å²) < 4.78 is 0. The number of hydrogen-bond donors (Lipinski definition) is 1. The quantitative estimate of drug-likeness (QED) is 0.508. The number of para-hydroxylation sites is 1. The molecule has 1 N–H and O–H groups in total. The van der Waals surface area contributed by atoms with E-state index in [9.17, 15) is 9.59 Å². The molecule has 2 amide bonds. The highest BCUT2D eigenvalue weighted by molar-refractivity contribution is 6.17. The van der Waals surface area contributed by atoms with Crippen LogP contribution in [0.5, 0.6) is 0 Å². The molecule has 3 aromatic carbocycles. The molecule has 1 aliphatic heterocycles. The monoisotopic (exact) mass is 426 g/mol.